The highest BCUT2D eigenvalue weighted by Crippen LogP contribution is 2.38. The van der Waals surface area contributed by atoms with Crippen LogP contribution in [0.5, 0.6) is 11.5 Å². The molecular weight excluding hydrogens is 408 g/mol. The van der Waals surface area contributed by atoms with Gasteiger partial charge in [0.25, 0.3) is 0 Å². The molecule has 0 amide bonds. The number of fused-ring (bicyclic) bond motifs is 1. The van der Waals surface area contributed by atoms with E-state index in [4.69, 9.17) is 14.2 Å². The first-order valence-corrected chi connectivity index (χ1v) is 11.3. The summed E-state index contributed by atoms with van der Waals surface area (Å²) in [5.74, 6) is 1.62. The van der Waals surface area contributed by atoms with Crippen LogP contribution < -0.4 is 14.8 Å². The van der Waals surface area contributed by atoms with Crippen LogP contribution in [0.4, 0.5) is 11.4 Å². The zero-order chi connectivity index (χ0) is 22.5. The lowest BCUT2D eigenvalue weighted by atomic mass is 10.1. The molecule has 2 heterocycles. The molecule has 2 aromatic rings. The molecule has 0 bridgehead atoms. The number of hydrogen-bond donors (Lipinski definition) is 3. The number of nitrogens with one attached hydrogen (secondary N) is 1. The van der Waals surface area contributed by atoms with Crippen LogP contribution in [0.3, 0.4) is 0 Å². The maximum Gasteiger partial charge on any atom is 0.202 e. The van der Waals surface area contributed by atoms with Crippen molar-refractivity contribution in [2.75, 3.05) is 25.1 Å². The number of benzene rings is 2. The molecule has 2 aliphatic rings. The van der Waals surface area contributed by atoms with Crippen LogP contribution in [-0.4, -0.2) is 54.7 Å². The molecule has 2 aromatic carbocycles. The van der Waals surface area contributed by atoms with Crippen molar-refractivity contribution in [2.24, 2.45) is 4.99 Å². The average Bonchev–Trinajstić information content (AvgIpc) is 3.23. The van der Waals surface area contributed by atoms with Crippen LogP contribution in [-0.2, 0) is 17.6 Å². The number of hydrogen-bond acceptors (Lipinski definition) is 7. The summed E-state index contributed by atoms with van der Waals surface area (Å²) in [7, 11) is 0. The van der Waals surface area contributed by atoms with Crippen molar-refractivity contribution in [3.05, 3.63) is 47.0 Å². The lowest BCUT2D eigenvalue weighted by molar-refractivity contribution is -0.184. The predicted molar refractivity (Wildman–Crippen MR) is 124 cm³/mol. The van der Waals surface area contributed by atoms with E-state index in [1.165, 1.54) is 11.1 Å². The Bertz CT molecular complexity index is 962. The number of nitrogens with zero attached hydrogens (tertiary/aromatic N) is 1. The predicted octanol–water partition coefficient (Wildman–Crippen LogP) is 3.54. The van der Waals surface area contributed by atoms with Gasteiger partial charge in [0, 0.05) is 32.0 Å². The molecule has 0 aliphatic carbocycles. The van der Waals surface area contributed by atoms with E-state index in [0.29, 0.717) is 25.1 Å². The fourth-order valence-corrected chi connectivity index (χ4v) is 4.26. The van der Waals surface area contributed by atoms with Crippen molar-refractivity contribution in [3.8, 4) is 11.5 Å². The van der Waals surface area contributed by atoms with E-state index in [1.54, 1.807) is 6.21 Å². The highest BCUT2D eigenvalue weighted by atomic mass is 16.7. The maximum absolute atomic E-state index is 10.1. The van der Waals surface area contributed by atoms with Gasteiger partial charge >= 0.3 is 0 Å². The van der Waals surface area contributed by atoms with Crippen molar-refractivity contribution >= 4 is 17.6 Å². The molecule has 0 saturated carbocycles. The Hall–Kier alpha value is -2.61. The Morgan fingerprint density at radius 1 is 1.25 bits per heavy atom. The molecule has 0 unspecified atom stereocenters. The van der Waals surface area contributed by atoms with Crippen LogP contribution in [0.2, 0.25) is 0 Å². The summed E-state index contributed by atoms with van der Waals surface area (Å²) < 4.78 is 17.6. The summed E-state index contributed by atoms with van der Waals surface area (Å²) in [5, 5.41) is 23.1. The first kappa shape index (κ1) is 22.6. The van der Waals surface area contributed by atoms with Gasteiger partial charge in [-0.25, -0.2) is 0 Å². The van der Waals surface area contributed by atoms with Crippen LogP contribution in [0, 0.1) is 6.92 Å². The van der Waals surface area contributed by atoms with Crippen molar-refractivity contribution in [2.45, 2.75) is 58.0 Å². The Morgan fingerprint density at radius 3 is 2.94 bits per heavy atom. The number of aliphatic hydroxyl groups excluding tert-OH is 2. The second-order valence-corrected chi connectivity index (χ2v) is 8.38. The zero-order valence-corrected chi connectivity index (χ0v) is 18.7. The molecule has 2 aliphatic heterocycles. The largest absolute Gasteiger partial charge is 0.493 e. The van der Waals surface area contributed by atoms with E-state index in [2.05, 4.69) is 22.4 Å². The van der Waals surface area contributed by atoms with E-state index in [0.717, 1.165) is 42.1 Å². The first-order chi connectivity index (χ1) is 15.6. The zero-order valence-electron chi connectivity index (χ0n) is 18.7. The molecule has 1 fully saturated rings. The monoisotopic (exact) mass is 440 g/mol. The van der Waals surface area contributed by atoms with Gasteiger partial charge in [-0.15, -0.1) is 0 Å². The highest BCUT2D eigenvalue weighted by molar-refractivity contribution is 5.77. The molecule has 3 atom stereocenters. The maximum atomic E-state index is 10.1. The van der Waals surface area contributed by atoms with E-state index in [9.17, 15) is 10.2 Å². The van der Waals surface area contributed by atoms with Gasteiger partial charge in [-0.2, -0.15) is 0 Å². The number of rotatable bonds is 8. The van der Waals surface area contributed by atoms with Gasteiger partial charge in [-0.05, 0) is 55.2 Å². The molecule has 172 valence electrons. The number of ether oxygens (including phenoxy) is 3. The average molecular weight is 441 g/mol. The van der Waals surface area contributed by atoms with Gasteiger partial charge in [0.05, 0.1) is 31.1 Å². The molecule has 7 nitrogen and oxygen atoms in total. The molecule has 1 saturated heterocycles. The van der Waals surface area contributed by atoms with Crippen molar-refractivity contribution in [1.29, 1.82) is 0 Å². The quantitative estimate of drug-likeness (QED) is 0.544. The molecule has 4 rings (SSSR count). The van der Waals surface area contributed by atoms with Gasteiger partial charge < -0.3 is 29.7 Å². The fourth-order valence-electron chi connectivity index (χ4n) is 4.26. The van der Waals surface area contributed by atoms with Gasteiger partial charge in [-0.1, -0.05) is 12.1 Å². The van der Waals surface area contributed by atoms with Crippen LogP contribution in [0.1, 0.15) is 36.5 Å². The summed E-state index contributed by atoms with van der Waals surface area (Å²) in [5.41, 5.74) is 5.12. The van der Waals surface area contributed by atoms with Crippen molar-refractivity contribution in [1.82, 2.24) is 0 Å². The summed E-state index contributed by atoms with van der Waals surface area (Å²) in [4.78, 5) is 4.53. The van der Waals surface area contributed by atoms with Crippen LogP contribution >= 0.6 is 0 Å². The van der Waals surface area contributed by atoms with E-state index >= 15 is 0 Å². The first-order valence-electron chi connectivity index (χ1n) is 11.3. The number of aliphatic imine (C=N–C) groups is 1. The normalized spacial score (nSPS) is 22.6. The summed E-state index contributed by atoms with van der Waals surface area (Å²) >= 11 is 0. The number of aliphatic hydroxyl groups is 2. The van der Waals surface area contributed by atoms with Gasteiger partial charge in [-0.3, -0.25) is 4.99 Å². The second-order valence-electron chi connectivity index (χ2n) is 8.38. The molecule has 3 N–H and O–H groups in total. The topological polar surface area (TPSA) is 92.5 Å². The molecule has 7 heteroatoms. The molecule has 32 heavy (non-hydrogen) atoms. The number of anilines is 1. The minimum absolute atomic E-state index is 0.146. The molecular formula is C25H32N2O5. The third kappa shape index (κ3) is 5.41. The van der Waals surface area contributed by atoms with Gasteiger partial charge in [0.15, 0.2) is 0 Å². The Labute approximate surface area is 189 Å². The third-order valence-electron chi connectivity index (χ3n) is 5.77. The highest BCUT2D eigenvalue weighted by Gasteiger charge is 2.30. The van der Waals surface area contributed by atoms with E-state index in [1.807, 2.05) is 32.0 Å². The second kappa shape index (κ2) is 10.3. The smallest absolute Gasteiger partial charge is 0.202 e. The number of aryl methyl sites for hydroxylation is 1. The van der Waals surface area contributed by atoms with E-state index < -0.39 is 18.5 Å². The van der Waals surface area contributed by atoms with Gasteiger partial charge in [0.2, 0.25) is 6.29 Å². The minimum Gasteiger partial charge on any atom is -0.493 e. The van der Waals surface area contributed by atoms with Crippen molar-refractivity contribution < 1.29 is 24.4 Å². The van der Waals surface area contributed by atoms with Crippen molar-refractivity contribution in [3.63, 3.8) is 0 Å². The Morgan fingerprint density at radius 2 is 2.12 bits per heavy atom. The molecule has 0 radical (unpaired) electrons. The van der Waals surface area contributed by atoms with E-state index in [-0.39, 0.29) is 6.61 Å². The third-order valence-corrected chi connectivity index (χ3v) is 5.77. The van der Waals surface area contributed by atoms with Crippen LogP contribution in [0.15, 0.2) is 35.3 Å². The summed E-state index contributed by atoms with van der Waals surface area (Å²) in [6.07, 6.45) is 2.71. The standard InChI is InChI=1S/C25H32N2O5/c1-3-26-21-10-16(2)11-23(32-24-14-19(29)13-20(15-28)31-24)25(21)27-8-6-17-4-5-22-18(12-17)7-9-30-22/h3-5,10-12,19-20,24,27-29H,6-9,13-15H2,1-2H3/t19-,20-,24-/m0/s1. The lowest BCUT2D eigenvalue weighted by Gasteiger charge is -2.32. The molecule has 0 spiro atoms. The Balaban J connectivity index is 1.50. The fraction of sp³-hybridized carbons (Fsp3) is 0.480. The minimum atomic E-state index is -0.631. The lowest BCUT2D eigenvalue weighted by Crippen LogP contribution is -2.40. The summed E-state index contributed by atoms with van der Waals surface area (Å²) in [6, 6.07) is 10.3. The molecule has 0 aromatic heterocycles. The van der Waals surface area contributed by atoms with Gasteiger partial charge in [0.1, 0.15) is 17.2 Å². The Kier molecular flexibility index (Phi) is 7.29. The SMILES string of the molecule is CC=Nc1cc(C)cc(O[C@H]2C[C@@H](O)C[C@@H](CO)O2)c1NCCc1ccc2c(c1)CCO2. The van der Waals surface area contributed by atoms with Crippen LogP contribution in [0.25, 0.3) is 0 Å². The summed E-state index contributed by atoms with van der Waals surface area (Å²) in [6.45, 7) is 5.19.